The van der Waals surface area contributed by atoms with Gasteiger partial charge in [-0.15, -0.1) is 0 Å². The van der Waals surface area contributed by atoms with E-state index in [1.54, 1.807) is 36.4 Å². The Hall–Kier alpha value is -4.45. The van der Waals surface area contributed by atoms with E-state index in [9.17, 15) is 22.0 Å². The standard InChI is InChI=1S/C24H16F3N5O3S/c1-32-12-14(10-30-32)13-7-17-18(11-29-24(17)28-9-13)23(33)21-19(26)5-6-20(22(21)27)31-36(34,35)16-4-2-3-15(25)8-16/h2-12,31H,1H3,(H,28,29). The number of carbonyl (C=O) groups is 1. The minimum Gasteiger partial charge on any atom is -0.345 e. The molecule has 0 unspecified atom stereocenters. The summed E-state index contributed by atoms with van der Waals surface area (Å²) in [6, 6.07) is 7.32. The number of aromatic nitrogens is 4. The summed E-state index contributed by atoms with van der Waals surface area (Å²) in [6.45, 7) is 0. The van der Waals surface area contributed by atoms with Crippen molar-refractivity contribution in [3.63, 3.8) is 0 Å². The minimum absolute atomic E-state index is 0.0637. The summed E-state index contributed by atoms with van der Waals surface area (Å²) in [5.41, 5.74) is -0.0273. The van der Waals surface area contributed by atoms with Crippen molar-refractivity contribution in [1.82, 2.24) is 19.7 Å². The second kappa shape index (κ2) is 8.64. The summed E-state index contributed by atoms with van der Waals surface area (Å²) >= 11 is 0. The van der Waals surface area contributed by atoms with Crippen LogP contribution in [0.25, 0.3) is 22.2 Å². The molecule has 8 nitrogen and oxygen atoms in total. The maximum absolute atomic E-state index is 15.3. The second-order valence-corrected chi connectivity index (χ2v) is 9.58. The number of H-pyrrole nitrogens is 1. The van der Waals surface area contributed by atoms with Crippen LogP contribution in [0.15, 0.2) is 72.1 Å². The minimum atomic E-state index is -4.42. The molecule has 0 fully saturated rings. The number of carbonyl (C=O) groups excluding carboxylic acids is 1. The van der Waals surface area contributed by atoms with Crippen LogP contribution in [-0.4, -0.2) is 33.9 Å². The molecule has 2 N–H and O–H groups in total. The zero-order valence-corrected chi connectivity index (χ0v) is 19.3. The van der Waals surface area contributed by atoms with E-state index < -0.39 is 49.4 Å². The van der Waals surface area contributed by atoms with Crippen LogP contribution in [0.3, 0.4) is 0 Å². The van der Waals surface area contributed by atoms with Crippen molar-refractivity contribution < 1.29 is 26.4 Å². The van der Waals surface area contributed by atoms with Gasteiger partial charge in [-0.25, -0.2) is 26.6 Å². The topological polar surface area (TPSA) is 110 Å². The number of sulfonamides is 1. The molecule has 0 spiro atoms. The van der Waals surface area contributed by atoms with E-state index in [0.29, 0.717) is 16.6 Å². The van der Waals surface area contributed by atoms with Crippen molar-refractivity contribution in [2.45, 2.75) is 4.90 Å². The number of aryl methyl sites for hydroxylation is 1. The van der Waals surface area contributed by atoms with Gasteiger partial charge in [0.05, 0.1) is 22.3 Å². The molecular formula is C24H16F3N5O3S. The molecule has 0 aliphatic rings. The van der Waals surface area contributed by atoms with Crippen molar-refractivity contribution in [2.75, 3.05) is 4.72 Å². The fraction of sp³-hybridized carbons (Fsp3) is 0.0417. The number of halogens is 3. The molecule has 0 saturated carbocycles. The fourth-order valence-electron chi connectivity index (χ4n) is 3.73. The number of fused-ring (bicyclic) bond motifs is 1. The number of aromatic amines is 1. The van der Waals surface area contributed by atoms with Crippen molar-refractivity contribution in [3.8, 4) is 11.1 Å². The number of anilines is 1. The number of pyridine rings is 1. The van der Waals surface area contributed by atoms with E-state index in [2.05, 4.69) is 15.1 Å². The van der Waals surface area contributed by atoms with E-state index >= 15 is 4.39 Å². The Labute approximate surface area is 202 Å². The summed E-state index contributed by atoms with van der Waals surface area (Å²) in [4.78, 5) is 19.9. The predicted octanol–water partition coefficient (Wildman–Crippen LogP) is 4.41. The maximum atomic E-state index is 15.3. The fourth-order valence-corrected chi connectivity index (χ4v) is 4.82. The van der Waals surface area contributed by atoms with Gasteiger partial charge in [0.2, 0.25) is 5.78 Å². The lowest BCUT2D eigenvalue weighted by Gasteiger charge is -2.12. The maximum Gasteiger partial charge on any atom is 0.262 e. The highest BCUT2D eigenvalue weighted by Crippen LogP contribution is 2.30. The largest absolute Gasteiger partial charge is 0.345 e. The van der Waals surface area contributed by atoms with Crippen LogP contribution >= 0.6 is 0 Å². The van der Waals surface area contributed by atoms with Gasteiger partial charge >= 0.3 is 0 Å². The van der Waals surface area contributed by atoms with Crippen molar-refractivity contribution in [3.05, 3.63) is 95.8 Å². The number of hydrogen-bond donors (Lipinski definition) is 2. The molecule has 0 amide bonds. The normalized spacial score (nSPS) is 11.7. The molecule has 0 aliphatic heterocycles. The highest BCUT2D eigenvalue weighted by molar-refractivity contribution is 7.92. The SMILES string of the molecule is Cn1cc(-c2cnc3[nH]cc(C(=O)c4c(F)ccc(NS(=O)(=O)c5cccc(F)c5)c4F)c3c2)cn1. The number of hydrogen-bond acceptors (Lipinski definition) is 5. The zero-order chi connectivity index (χ0) is 25.6. The molecule has 182 valence electrons. The molecule has 2 aromatic carbocycles. The Morgan fingerprint density at radius 1 is 1.06 bits per heavy atom. The lowest BCUT2D eigenvalue weighted by atomic mass is 10.0. The van der Waals surface area contributed by atoms with Gasteiger partial charge in [0.25, 0.3) is 10.0 Å². The average molecular weight is 511 g/mol. The van der Waals surface area contributed by atoms with Gasteiger partial charge in [-0.3, -0.25) is 14.2 Å². The van der Waals surface area contributed by atoms with Gasteiger partial charge in [0, 0.05) is 47.7 Å². The molecule has 0 aliphatic carbocycles. The molecular weight excluding hydrogens is 495 g/mol. The highest BCUT2D eigenvalue weighted by Gasteiger charge is 2.26. The van der Waals surface area contributed by atoms with Crippen LogP contribution in [0, 0.1) is 17.5 Å². The molecule has 5 rings (SSSR count). The summed E-state index contributed by atoms with van der Waals surface area (Å²) in [6.07, 6.45) is 6.18. The molecule has 12 heteroatoms. The molecule has 5 aromatic rings. The zero-order valence-electron chi connectivity index (χ0n) is 18.5. The Kier molecular flexibility index (Phi) is 5.59. The lowest BCUT2D eigenvalue weighted by Crippen LogP contribution is -2.16. The Balaban J connectivity index is 1.55. The average Bonchev–Trinajstić information content (AvgIpc) is 3.46. The van der Waals surface area contributed by atoms with Gasteiger partial charge in [0.15, 0.2) is 5.82 Å². The molecule has 0 saturated heterocycles. The van der Waals surface area contributed by atoms with Crippen LogP contribution < -0.4 is 4.72 Å². The molecule has 3 heterocycles. The smallest absolute Gasteiger partial charge is 0.262 e. The van der Waals surface area contributed by atoms with Crippen LogP contribution in [-0.2, 0) is 17.1 Å². The third-order valence-electron chi connectivity index (χ3n) is 5.48. The first-order chi connectivity index (χ1) is 17.1. The van der Waals surface area contributed by atoms with Gasteiger partial charge < -0.3 is 4.98 Å². The number of ketones is 1. The van der Waals surface area contributed by atoms with Crippen LogP contribution in [0.2, 0.25) is 0 Å². The van der Waals surface area contributed by atoms with Crippen molar-refractivity contribution >= 4 is 32.5 Å². The molecule has 36 heavy (non-hydrogen) atoms. The lowest BCUT2D eigenvalue weighted by molar-refractivity contribution is 0.103. The van der Waals surface area contributed by atoms with E-state index in [0.717, 1.165) is 35.9 Å². The molecule has 0 atom stereocenters. The summed E-state index contributed by atoms with van der Waals surface area (Å²) < 4.78 is 72.3. The predicted molar refractivity (Wildman–Crippen MR) is 125 cm³/mol. The van der Waals surface area contributed by atoms with Gasteiger partial charge in [0.1, 0.15) is 17.3 Å². The second-order valence-electron chi connectivity index (χ2n) is 7.90. The Bertz CT molecular complexity index is 1760. The summed E-state index contributed by atoms with van der Waals surface area (Å²) in [7, 11) is -2.69. The number of benzene rings is 2. The third-order valence-corrected chi connectivity index (χ3v) is 6.85. The van der Waals surface area contributed by atoms with E-state index in [-0.39, 0.29) is 5.56 Å². The van der Waals surface area contributed by atoms with Crippen LogP contribution in [0.4, 0.5) is 18.9 Å². The highest BCUT2D eigenvalue weighted by atomic mass is 32.2. The first kappa shape index (κ1) is 23.3. The van der Waals surface area contributed by atoms with Crippen molar-refractivity contribution in [2.24, 2.45) is 7.05 Å². The number of rotatable bonds is 6. The van der Waals surface area contributed by atoms with Gasteiger partial charge in [-0.1, -0.05) is 6.07 Å². The van der Waals surface area contributed by atoms with E-state index in [1.165, 1.54) is 12.3 Å². The van der Waals surface area contributed by atoms with Gasteiger partial charge in [-0.2, -0.15) is 5.10 Å². The quantitative estimate of drug-likeness (QED) is 0.328. The summed E-state index contributed by atoms with van der Waals surface area (Å²) in [5, 5.41) is 4.40. The third kappa shape index (κ3) is 4.11. The first-order valence-corrected chi connectivity index (χ1v) is 11.9. The molecule has 3 aromatic heterocycles. The Morgan fingerprint density at radius 2 is 1.86 bits per heavy atom. The number of nitrogens with zero attached hydrogens (tertiary/aromatic N) is 3. The molecule has 0 bridgehead atoms. The first-order valence-electron chi connectivity index (χ1n) is 10.4. The van der Waals surface area contributed by atoms with Crippen LogP contribution in [0.5, 0.6) is 0 Å². The summed E-state index contributed by atoms with van der Waals surface area (Å²) in [5.74, 6) is -4.43. The number of nitrogens with one attached hydrogen (secondary N) is 2. The Morgan fingerprint density at radius 3 is 2.58 bits per heavy atom. The van der Waals surface area contributed by atoms with Gasteiger partial charge in [-0.05, 0) is 36.4 Å². The van der Waals surface area contributed by atoms with E-state index in [1.807, 2.05) is 4.72 Å². The van der Waals surface area contributed by atoms with Crippen LogP contribution in [0.1, 0.15) is 15.9 Å². The molecule has 0 radical (unpaired) electrons. The monoisotopic (exact) mass is 511 g/mol. The van der Waals surface area contributed by atoms with E-state index in [4.69, 9.17) is 0 Å². The van der Waals surface area contributed by atoms with Crippen molar-refractivity contribution in [1.29, 1.82) is 0 Å².